The van der Waals surface area contributed by atoms with E-state index in [1.165, 1.54) is 12.1 Å². The molecule has 1 saturated heterocycles. The van der Waals surface area contributed by atoms with E-state index >= 15 is 0 Å². The minimum absolute atomic E-state index is 0.0282. The Morgan fingerprint density at radius 2 is 1.93 bits per heavy atom. The number of carbonyl (C=O) groups excluding carboxylic acids is 2. The molecule has 1 unspecified atom stereocenters. The Morgan fingerprint density at radius 1 is 1.26 bits per heavy atom. The summed E-state index contributed by atoms with van der Waals surface area (Å²) in [5.74, 6) is -0.155. The van der Waals surface area contributed by atoms with Gasteiger partial charge in [-0.25, -0.2) is 0 Å². The van der Waals surface area contributed by atoms with Crippen molar-refractivity contribution in [1.82, 2.24) is 4.90 Å². The zero-order chi connectivity index (χ0) is 20.0. The number of halogens is 3. The number of piperidine rings is 1. The molecule has 6 nitrogen and oxygen atoms in total. The molecule has 1 aromatic carbocycles. The average Bonchev–Trinajstić information content (AvgIpc) is 2.55. The molecule has 9 heteroatoms. The van der Waals surface area contributed by atoms with Crippen LogP contribution in [0.1, 0.15) is 19.8 Å². The number of amides is 2. The second-order valence-electron chi connectivity index (χ2n) is 7.02. The highest BCUT2D eigenvalue weighted by Gasteiger charge is 2.31. The van der Waals surface area contributed by atoms with Gasteiger partial charge in [0.25, 0.3) is 11.8 Å². The summed E-state index contributed by atoms with van der Waals surface area (Å²) in [6.45, 7) is 3.93. The molecule has 0 radical (unpaired) electrons. The van der Waals surface area contributed by atoms with Crippen LogP contribution in [-0.4, -0.2) is 56.3 Å². The number of ether oxygens (including phenoxy) is 1. The summed E-state index contributed by atoms with van der Waals surface area (Å²) in [5, 5.41) is 2.60. The quantitative estimate of drug-likeness (QED) is 0.772. The van der Waals surface area contributed by atoms with Gasteiger partial charge in [-0.3, -0.25) is 9.59 Å². The Bertz CT molecular complexity index is 649. The molecule has 2 rings (SSSR count). The van der Waals surface area contributed by atoms with E-state index in [0.29, 0.717) is 11.6 Å². The van der Waals surface area contributed by atoms with Gasteiger partial charge < -0.3 is 19.9 Å². The maximum atomic E-state index is 12.3. The smallest absolute Gasteiger partial charge is 0.406 e. The lowest BCUT2D eigenvalue weighted by molar-refractivity contribution is -0.862. The molecule has 0 bridgehead atoms. The van der Waals surface area contributed by atoms with Crippen LogP contribution < -0.4 is 15.0 Å². The fourth-order valence-corrected chi connectivity index (χ4v) is 3.07. The normalized spacial score (nSPS) is 18.7. The van der Waals surface area contributed by atoms with E-state index in [9.17, 15) is 22.8 Å². The third-order valence-electron chi connectivity index (χ3n) is 4.30. The van der Waals surface area contributed by atoms with Crippen LogP contribution in [0.5, 0.6) is 5.75 Å². The maximum absolute atomic E-state index is 12.3. The van der Waals surface area contributed by atoms with Gasteiger partial charge >= 0.3 is 6.36 Å². The van der Waals surface area contributed by atoms with Crippen LogP contribution in [0.15, 0.2) is 24.3 Å². The molecule has 2 amide bonds. The lowest BCUT2D eigenvalue weighted by Crippen LogP contribution is -3.11. The van der Waals surface area contributed by atoms with Crippen molar-refractivity contribution >= 4 is 17.5 Å². The van der Waals surface area contributed by atoms with Gasteiger partial charge in [-0.05, 0) is 43.0 Å². The Balaban J connectivity index is 1.78. The van der Waals surface area contributed by atoms with Crippen LogP contribution in [0.3, 0.4) is 0 Å². The Morgan fingerprint density at radius 3 is 2.52 bits per heavy atom. The van der Waals surface area contributed by atoms with Crippen LogP contribution in [0.25, 0.3) is 0 Å². The number of carbonyl (C=O) groups is 2. The van der Waals surface area contributed by atoms with E-state index in [1.54, 1.807) is 7.05 Å². The van der Waals surface area contributed by atoms with Gasteiger partial charge in [0.05, 0.1) is 7.05 Å². The number of quaternary nitrogens is 1. The van der Waals surface area contributed by atoms with Crippen molar-refractivity contribution in [3.05, 3.63) is 24.3 Å². The molecule has 0 saturated carbocycles. The van der Waals surface area contributed by atoms with Gasteiger partial charge in [0.15, 0.2) is 13.1 Å². The Hall–Kier alpha value is -2.29. The lowest BCUT2D eigenvalue weighted by atomic mass is 10.0. The monoisotopic (exact) mass is 388 g/mol. The van der Waals surface area contributed by atoms with Crippen molar-refractivity contribution in [2.75, 3.05) is 38.5 Å². The minimum Gasteiger partial charge on any atom is -0.406 e. The van der Waals surface area contributed by atoms with E-state index in [2.05, 4.69) is 17.0 Å². The first-order valence-corrected chi connectivity index (χ1v) is 8.87. The number of rotatable bonds is 6. The number of benzene rings is 1. The van der Waals surface area contributed by atoms with Gasteiger partial charge in [0.1, 0.15) is 5.75 Å². The van der Waals surface area contributed by atoms with E-state index in [1.807, 2.05) is 4.90 Å². The van der Waals surface area contributed by atoms with Crippen molar-refractivity contribution in [2.24, 2.45) is 5.92 Å². The predicted octanol–water partition coefficient (Wildman–Crippen LogP) is 1.30. The van der Waals surface area contributed by atoms with Crippen LogP contribution >= 0.6 is 0 Å². The molecule has 150 valence electrons. The van der Waals surface area contributed by atoms with Crippen molar-refractivity contribution in [1.29, 1.82) is 0 Å². The van der Waals surface area contributed by atoms with Crippen molar-refractivity contribution < 1.29 is 32.4 Å². The molecule has 0 aromatic heterocycles. The molecule has 1 aliphatic rings. The number of hydrogen-bond donors (Lipinski definition) is 2. The van der Waals surface area contributed by atoms with Gasteiger partial charge in [-0.15, -0.1) is 13.2 Å². The minimum atomic E-state index is -4.75. The van der Waals surface area contributed by atoms with E-state index in [4.69, 9.17) is 0 Å². The predicted molar refractivity (Wildman–Crippen MR) is 93.4 cm³/mol. The number of hydrogen-bond acceptors (Lipinski definition) is 3. The van der Waals surface area contributed by atoms with E-state index in [0.717, 1.165) is 43.0 Å². The highest BCUT2D eigenvalue weighted by atomic mass is 19.4. The first-order chi connectivity index (χ1) is 12.6. The first-order valence-electron chi connectivity index (χ1n) is 8.87. The average molecular weight is 388 g/mol. The third-order valence-corrected chi connectivity index (χ3v) is 4.30. The number of nitrogens with one attached hydrogen (secondary N) is 2. The summed E-state index contributed by atoms with van der Waals surface area (Å²) >= 11 is 0. The van der Waals surface area contributed by atoms with Gasteiger partial charge in [0.2, 0.25) is 0 Å². The molecule has 2 N–H and O–H groups in total. The standard InChI is InChI=1S/C18H24F3N3O3/c1-13-4-3-9-24(10-13)17(26)12-23(2)11-16(25)22-14-5-7-15(8-6-14)27-18(19,20)21/h5-8,13H,3-4,9-12H2,1-2H3,(H,22,25)/p+1/t13-/m0/s1. The number of likely N-dealkylation sites (N-methyl/N-ethyl adjacent to an activating group) is 1. The van der Waals surface area contributed by atoms with E-state index in [-0.39, 0.29) is 30.7 Å². The molecule has 1 heterocycles. The third kappa shape index (κ3) is 7.46. The number of anilines is 1. The van der Waals surface area contributed by atoms with Crippen LogP contribution in [-0.2, 0) is 9.59 Å². The van der Waals surface area contributed by atoms with Gasteiger partial charge in [0, 0.05) is 18.8 Å². The number of likely N-dealkylation sites (tertiary alicyclic amines) is 1. The summed E-state index contributed by atoms with van der Waals surface area (Å²) in [6.07, 6.45) is -2.63. The Labute approximate surface area is 156 Å². The fourth-order valence-electron chi connectivity index (χ4n) is 3.07. The lowest BCUT2D eigenvalue weighted by Gasteiger charge is -2.31. The molecule has 0 aliphatic carbocycles. The van der Waals surface area contributed by atoms with Gasteiger partial charge in [-0.1, -0.05) is 6.92 Å². The van der Waals surface area contributed by atoms with Crippen LogP contribution in [0.4, 0.5) is 18.9 Å². The summed E-state index contributed by atoms with van der Waals surface area (Å²) in [6, 6.07) is 4.91. The summed E-state index contributed by atoms with van der Waals surface area (Å²) in [4.78, 5) is 27.0. The molecule has 1 aromatic rings. The van der Waals surface area contributed by atoms with Crippen molar-refractivity contribution in [3.8, 4) is 5.75 Å². The number of nitrogens with zero attached hydrogens (tertiary/aromatic N) is 1. The topological polar surface area (TPSA) is 63.1 Å². The molecular formula is C18H25F3N3O3+. The molecule has 2 atom stereocenters. The Kier molecular flexibility index (Phi) is 7.06. The zero-order valence-corrected chi connectivity index (χ0v) is 15.4. The second kappa shape index (κ2) is 9.07. The van der Waals surface area contributed by atoms with Crippen molar-refractivity contribution in [2.45, 2.75) is 26.1 Å². The zero-order valence-electron chi connectivity index (χ0n) is 15.4. The highest BCUT2D eigenvalue weighted by molar-refractivity contribution is 5.91. The molecule has 0 spiro atoms. The molecular weight excluding hydrogens is 363 g/mol. The van der Waals surface area contributed by atoms with Gasteiger partial charge in [-0.2, -0.15) is 0 Å². The summed E-state index contributed by atoms with van der Waals surface area (Å²) < 4.78 is 40.2. The highest BCUT2D eigenvalue weighted by Crippen LogP contribution is 2.23. The molecule has 1 aliphatic heterocycles. The SMILES string of the molecule is C[C@H]1CCCN(C(=O)C[NH+](C)CC(=O)Nc2ccc(OC(F)(F)F)cc2)C1. The number of alkyl halides is 3. The molecule has 27 heavy (non-hydrogen) atoms. The van der Waals surface area contributed by atoms with Crippen molar-refractivity contribution in [3.63, 3.8) is 0 Å². The van der Waals surface area contributed by atoms with E-state index < -0.39 is 6.36 Å². The fraction of sp³-hybridized carbons (Fsp3) is 0.556. The second-order valence-corrected chi connectivity index (χ2v) is 7.02. The summed E-state index contributed by atoms with van der Waals surface area (Å²) in [5.41, 5.74) is 0.360. The van der Waals surface area contributed by atoms with Crippen LogP contribution in [0.2, 0.25) is 0 Å². The summed E-state index contributed by atoms with van der Waals surface area (Å²) in [7, 11) is 1.76. The first kappa shape index (κ1) is 21.0. The molecule has 1 fully saturated rings. The maximum Gasteiger partial charge on any atom is 0.573 e. The van der Waals surface area contributed by atoms with Crippen LogP contribution in [0, 0.1) is 5.92 Å². The largest absolute Gasteiger partial charge is 0.573 e.